The predicted molar refractivity (Wildman–Crippen MR) is 104 cm³/mol. The Morgan fingerprint density at radius 2 is 1.69 bits per heavy atom. The fraction of sp³-hybridized carbons (Fsp3) is 0.476. The molecule has 2 saturated heterocycles. The molecule has 3 heterocycles. The maximum Gasteiger partial charge on any atom is 0.317 e. The van der Waals surface area contributed by atoms with E-state index in [1.54, 1.807) is 0 Å². The number of carbonyl (C=O) groups excluding carboxylic acids is 1. The van der Waals surface area contributed by atoms with Crippen LogP contribution in [0, 0.1) is 5.92 Å². The summed E-state index contributed by atoms with van der Waals surface area (Å²) in [5.41, 5.74) is 1.29. The van der Waals surface area contributed by atoms with E-state index in [0.29, 0.717) is 12.0 Å². The average molecular weight is 352 g/mol. The first-order valence-corrected chi connectivity index (χ1v) is 9.75. The van der Waals surface area contributed by atoms with Crippen molar-refractivity contribution >= 4 is 11.7 Å². The monoisotopic (exact) mass is 352 g/mol. The second kappa shape index (κ2) is 7.85. The summed E-state index contributed by atoms with van der Waals surface area (Å²) in [6, 6.07) is 15.3. The van der Waals surface area contributed by atoms with Crippen LogP contribution in [0.25, 0.3) is 0 Å². The highest BCUT2D eigenvalue weighted by Gasteiger charge is 2.26. The highest BCUT2D eigenvalue weighted by atomic mass is 16.2. The van der Waals surface area contributed by atoms with Crippen LogP contribution < -0.4 is 10.2 Å². The number of nitrogens with zero attached hydrogens (tertiary/aromatic N) is 3. The molecule has 0 saturated carbocycles. The summed E-state index contributed by atoms with van der Waals surface area (Å²) in [5.74, 6) is 0.538. The standard InChI is InChI=1S/C21H28N4O/c26-21(24-14-9-20(10-15-24)23-11-4-5-12-23)22-16-18-8-13-25(17-18)19-6-2-1-3-7-19/h1-7,11-12,18,20H,8-10,13-17H2,(H,22,26). The third-order valence-electron chi connectivity index (χ3n) is 5.75. The molecule has 0 bridgehead atoms. The van der Waals surface area contributed by atoms with E-state index >= 15 is 0 Å². The van der Waals surface area contributed by atoms with Gasteiger partial charge in [-0.15, -0.1) is 0 Å². The Bertz CT molecular complexity index is 692. The summed E-state index contributed by atoms with van der Waals surface area (Å²) in [4.78, 5) is 16.9. The Morgan fingerprint density at radius 1 is 0.962 bits per heavy atom. The first-order valence-electron chi connectivity index (χ1n) is 9.75. The first kappa shape index (κ1) is 17.0. The summed E-state index contributed by atoms with van der Waals surface area (Å²) in [7, 11) is 0. The van der Waals surface area contributed by atoms with Crippen LogP contribution in [0.4, 0.5) is 10.5 Å². The minimum atomic E-state index is 0.106. The lowest BCUT2D eigenvalue weighted by atomic mass is 10.1. The van der Waals surface area contributed by atoms with Crippen molar-refractivity contribution < 1.29 is 4.79 Å². The summed E-state index contributed by atoms with van der Waals surface area (Å²) < 4.78 is 2.27. The van der Waals surface area contributed by atoms with Gasteiger partial charge in [0.2, 0.25) is 0 Å². The number of hydrogen-bond donors (Lipinski definition) is 1. The molecule has 1 atom stereocenters. The smallest absolute Gasteiger partial charge is 0.317 e. The number of rotatable bonds is 4. The van der Waals surface area contributed by atoms with Crippen molar-refractivity contribution in [2.24, 2.45) is 5.92 Å². The van der Waals surface area contributed by atoms with Gasteiger partial charge < -0.3 is 19.7 Å². The van der Waals surface area contributed by atoms with Crippen molar-refractivity contribution in [2.45, 2.75) is 25.3 Å². The minimum Gasteiger partial charge on any atom is -0.371 e. The zero-order chi connectivity index (χ0) is 17.8. The number of carbonyl (C=O) groups is 1. The molecule has 5 nitrogen and oxygen atoms in total. The Kier molecular flexibility index (Phi) is 5.14. The van der Waals surface area contributed by atoms with Gasteiger partial charge in [-0.2, -0.15) is 0 Å². The number of likely N-dealkylation sites (tertiary alicyclic amines) is 1. The number of aromatic nitrogens is 1. The van der Waals surface area contributed by atoms with Crippen LogP contribution in [-0.4, -0.2) is 48.2 Å². The van der Waals surface area contributed by atoms with Crippen molar-refractivity contribution in [1.82, 2.24) is 14.8 Å². The Labute approximate surface area is 155 Å². The van der Waals surface area contributed by atoms with Crippen LogP contribution in [0.3, 0.4) is 0 Å². The van der Waals surface area contributed by atoms with E-state index in [9.17, 15) is 4.79 Å². The van der Waals surface area contributed by atoms with Crippen molar-refractivity contribution in [3.8, 4) is 0 Å². The number of benzene rings is 1. The zero-order valence-corrected chi connectivity index (χ0v) is 15.3. The summed E-state index contributed by atoms with van der Waals surface area (Å²) in [6.45, 7) is 4.57. The van der Waals surface area contributed by atoms with E-state index in [-0.39, 0.29) is 6.03 Å². The second-order valence-electron chi connectivity index (χ2n) is 7.47. The lowest BCUT2D eigenvalue weighted by Crippen LogP contribution is -2.46. The van der Waals surface area contributed by atoms with Gasteiger partial charge in [0.15, 0.2) is 0 Å². The van der Waals surface area contributed by atoms with Crippen molar-refractivity contribution in [1.29, 1.82) is 0 Å². The number of nitrogens with one attached hydrogen (secondary N) is 1. The van der Waals surface area contributed by atoms with Crippen LogP contribution in [0.2, 0.25) is 0 Å². The molecule has 2 aliphatic heterocycles. The molecule has 138 valence electrons. The molecule has 5 heteroatoms. The minimum absolute atomic E-state index is 0.106. The van der Waals surface area contributed by atoms with E-state index in [0.717, 1.165) is 52.0 Å². The van der Waals surface area contributed by atoms with Gasteiger partial charge >= 0.3 is 6.03 Å². The highest BCUT2D eigenvalue weighted by Crippen LogP contribution is 2.24. The van der Waals surface area contributed by atoms with Gasteiger partial charge in [0, 0.05) is 56.8 Å². The summed E-state index contributed by atoms with van der Waals surface area (Å²) in [5, 5.41) is 3.17. The zero-order valence-electron chi connectivity index (χ0n) is 15.3. The van der Waals surface area contributed by atoms with Gasteiger partial charge in [-0.25, -0.2) is 4.79 Å². The molecule has 26 heavy (non-hydrogen) atoms. The molecular formula is C21H28N4O. The molecule has 1 unspecified atom stereocenters. The van der Waals surface area contributed by atoms with Crippen LogP contribution in [0.5, 0.6) is 0 Å². The van der Waals surface area contributed by atoms with E-state index < -0.39 is 0 Å². The quantitative estimate of drug-likeness (QED) is 0.917. The van der Waals surface area contributed by atoms with E-state index in [4.69, 9.17) is 0 Å². The first-order chi connectivity index (χ1) is 12.8. The maximum atomic E-state index is 12.5. The maximum absolute atomic E-state index is 12.5. The lowest BCUT2D eigenvalue weighted by Gasteiger charge is -2.33. The normalized spacial score (nSPS) is 21.2. The Hall–Kier alpha value is -2.43. The molecule has 1 N–H and O–H groups in total. The molecule has 2 aliphatic rings. The van der Waals surface area contributed by atoms with Crippen molar-refractivity contribution in [3.63, 3.8) is 0 Å². The second-order valence-corrected chi connectivity index (χ2v) is 7.47. The molecule has 2 aromatic rings. The number of anilines is 1. The van der Waals surface area contributed by atoms with E-state index in [1.807, 2.05) is 4.90 Å². The summed E-state index contributed by atoms with van der Waals surface area (Å²) >= 11 is 0. The molecule has 0 aliphatic carbocycles. The highest BCUT2D eigenvalue weighted by molar-refractivity contribution is 5.74. The van der Waals surface area contributed by atoms with Crippen LogP contribution in [0.1, 0.15) is 25.3 Å². The van der Waals surface area contributed by atoms with Gasteiger partial charge in [0.1, 0.15) is 0 Å². The van der Waals surface area contributed by atoms with Crippen LogP contribution in [0.15, 0.2) is 54.9 Å². The number of hydrogen-bond acceptors (Lipinski definition) is 2. The summed E-state index contributed by atoms with van der Waals surface area (Å²) in [6.07, 6.45) is 7.46. The molecule has 1 aromatic carbocycles. The molecule has 2 fully saturated rings. The van der Waals surface area contributed by atoms with Gasteiger partial charge in [-0.05, 0) is 49.4 Å². The number of para-hydroxylation sites is 1. The van der Waals surface area contributed by atoms with Crippen LogP contribution >= 0.6 is 0 Å². The number of piperidine rings is 1. The third kappa shape index (κ3) is 3.87. The van der Waals surface area contributed by atoms with Gasteiger partial charge in [-0.3, -0.25) is 0 Å². The SMILES string of the molecule is O=C(NCC1CCN(c2ccccc2)C1)N1CCC(n2cccc2)CC1. The molecule has 0 radical (unpaired) electrons. The Balaban J connectivity index is 1.20. The molecular weight excluding hydrogens is 324 g/mol. The van der Waals surface area contributed by atoms with Gasteiger partial charge in [0.25, 0.3) is 0 Å². The van der Waals surface area contributed by atoms with Gasteiger partial charge in [0.05, 0.1) is 0 Å². The number of amides is 2. The largest absolute Gasteiger partial charge is 0.371 e. The number of urea groups is 1. The molecule has 1 aromatic heterocycles. The van der Waals surface area contributed by atoms with Crippen molar-refractivity contribution in [3.05, 3.63) is 54.9 Å². The fourth-order valence-corrected chi connectivity index (χ4v) is 4.17. The Morgan fingerprint density at radius 3 is 2.42 bits per heavy atom. The average Bonchev–Trinajstić information content (AvgIpc) is 3.39. The van der Waals surface area contributed by atoms with Crippen LogP contribution in [-0.2, 0) is 0 Å². The molecule has 0 spiro atoms. The van der Waals surface area contributed by atoms with Gasteiger partial charge in [-0.1, -0.05) is 18.2 Å². The van der Waals surface area contributed by atoms with Crippen molar-refractivity contribution in [2.75, 3.05) is 37.6 Å². The lowest BCUT2D eigenvalue weighted by molar-refractivity contribution is 0.170. The predicted octanol–water partition coefficient (Wildman–Crippen LogP) is 3.36. The molecule has 2 amide bonds. The third-order valence-corrected chi connectivity index (χ3v) is 5.75. The van der Waals surface area contributed by atoms with E-state index in [1.165, 1.54) is 5.69 Å². The fourth-order valence-electron chi connectivity index (χ4n) is 4.17. The van der Waals surface area contributed by atoms with E-state index in [2.05, 4.69) is 69.6 Å². The topological polar surface area (TPSA) is 40.5 Å². The molecule has 4 rings (SSSR count).